The van der Waals surface area contributed by atoms with Crippen LogP contribution in [-0.2, 0) is 0 Å². The molecule has 0 amide bonds. The standard InChI is InChI=1S/C40H83N5/c1-3-5-7-9-11-13-15-17-19-21-23-25-27-29-31-33-35-41-37-43-39-45-40-44-38-42-36-34-32-30-28-26-24-22-20-18-16-14-12-10-8-6-4-2/h17-20,41-45H,3-16,21-40H2,1-2H3. The molecular weight excluding hydrogens is 550 g/mol. The molecule has 0 spiro atoms. The topological polar surface area (TPSA) is 60.1 Å². The minimum atomic E-state index is 0.836. The lowest BCUT2D eigenvalue weighted by Crippen LogP contribution is -2.42. The highest BCUT2D eigenvalue weighted by Gasteiger charge is 1.94. The SMILES string of the molecule is CCCCCCCCC=CCCCCCCCCNCNCNCNCNCCCCCCCCC=CCCCCCCCC. The Labute approximate surface area is 283 Å². The Morgan fingerprint density at radius 2 is 0.511 bits per heavy atom. The van der Waals surface area contributed by atoms with E-state index in [-0.39, 0.29) is 0 Å². The minimum absolute atomic E-state index is 0.836. The van der Waals surface area contributed by atoms with Gasteiger partial charge in [0.25, 0.3) is 0 Å². The Bertz CT molecular complexity index is 517. The molecule has 5 heteroatoms. The predicted molar refractivity (Wildman–Crippen MR) is 204 cm³/mol. The van der Waals surface area contributed by atoms with Crippen molar-refractivity contribution in [2.45, 2.75) is 194 Å². The number of hydrogen-bond donors (Lipinski definition) is 5. The maximum atomic E-state index is 3.50. The van der Waals surface area contributed by atoms with Gasteiger partial charge in [0, 0.05) is 26.7 Å². The van der Waals surface area contributed by atoms with Crippen LogP contribution in [0.15, 0.2) is 24.3 Å². The average Bonchev–Trinajstić information content (AvgIpc) is 3.05. The number of allylic oxidation sites excluding steroid dienone is 4. The fourth-order valence-electron chi connectivity index (χ4n) is 5.71. The van der Waals surface area contributed by atoms with Crippen molar-refractivity contribution in [1.82, 2.24) is 26.6 Å². The van der Waals surface area contributed by atoms with E-state index in [0.717, 1.165) is 39.8 Å². The highest BCUT2D eigenvalue weighted by atomic mass is 15.2. The summed E-state index contributed by atoms with van der Waals surface area (Å²) in [6, 6.07) is 0. The normalized spacial score (nSPS) is 12.0. The Morgan fingerprint density at radius 1 is 0.267 bits per heavy atom. The first-order chi connectivity index (χ1) is 22.4. The third kappa shape index (κ3) is 43.3. The quantitative estimate of drug-likeness (QED) is 0.0264. The van der Waals surface area contributed by atoms with E-state index in [0.29, 0.717) is 0 Å². The van der Waals surface area contributed by atoms with Crippen LogP contribution in [-0.4, -0.2) is 39.8 Å². The molecule has 0 aromatic rings. The van der Waals surface area contributed by atoms with E-state index in [9.17, 15) is 0 Å². The van der Waals surface area contributed by atoms with E-state index in [1.807, 2.05) is 0 Å². The Kier molecular flexibility index (Phi) is 42.6. The lowest BCUT2D eigenvalue weighted by Gasteiger charge is -2.10. The fourth-order valence-corrected chi connectivity index (χ4v) is 5.71. The molecule has 0 saturated heterocycles. The van der Waals surface area contributed by atoms with E-state index in [1.54, 1.807) is 0 Å². The van der Waals surface area contributed by atoms with Crippen molar-refractivity contribution >= 4 is 0 Å². The molecule has 268 valence electrons. The van der Waals surface area contributed by atoms with Crippen molar-refractivity contribution in [2.75, 3.05) is 39.8 Å². The molecule has 45 heavy (non-hydrogen) atoms. The molecule has 0 aromatic heterocycles. The predicted octanol–water partition coefficient (Wildman–Crippen LogP) is 10.8. The van der Waals surface area contributed by atoms with Crippen LogP contribution in [0.3, 0.4) is 0 Å². The van der Waals surface area contributed by atoms with Crippen LogP contribution < -0.4 is 26.6 Å². The Hall–Kier alpha value is -0.720. The zero-order valence-electron chi connectivity index (χ0n) is 30.9. The van der Waals surface area contributed by atoms with Crippen LogP contribution in [0.2, 0.25) is 0 Å². The van der Waals surface area contributed by atoms with Gasteiger partial charge in [-0.2, -0.15) is 0 Å². The van der Waals surface area contributed by atoms with Crippen molar-refractivity contribution in [3.8, 4) is 0 Å². The summed E-state index contributed by atoms with van der Waals surface area (Å²) in [6.45, 7) is 10.2. The molecule has 0 heterocycles. The molecule has 0 radical (unpaired) electrons. The van der Waals surface area contributed by atoms with Gasteiger partial charge < -0.3 is 10.6 Å². The van der Waals surface area contributed by atoms with Gasteiger partial charge in [-0.25, -0.2) is 0 Å². The van der Waals surface area contributed by atoms with E-state index in [2.05, 4.69) is 64.7 Å². The van der Waals surface area contributed by atoms with E-state index >= 15 is 0 Å². The number of hydrogen-bond acceptors (Lipinski definition) is 5. The van der Waals surface area contributed by atoms with Gasteiger partial charge in [0.2, 0.25) is 0 Å². The summed E-state index contributed by atoms with van der Waals surface area (Å²) in [5.74, 6) is 0. The first-order valence-electron chi connectivity index (χ1n) is 20.2. The molecule has 0 rings (SSSR count). The number of unbranched alkanes of at least 4 members (excludes halogenated alkanes) is 24. The van der Waals surface area contributed by atoms with Crippen LogP contribution in [0.1, 0.15) is 194 Å². The fraction of sp³-hybridized carbons (Fsp3) is 0.900. The third-order valence-corrected chi connectivity index (χ3v) is 8.73. The molecule has 0 unspecified atom stereocenters. The van der Waals surface area contributed by atoms with Crippen molar-refractivity contribution in [2.24, 2.45) is 0 Å². The second-order valence-electron chi connectivity index (χ2n) is 13.3. The second-order valence-corrected chi connectivity index (χ2v) is 13.3. The summed E-state index contributed by atoms with van der Waals surface area (Å²) >= 11 is 0. The first-order valence-corrected chi connectivity index (χ1v) is 20.2. The summed E-state index contributed by atoms with van der Waals surface area (Å²) in [7, 11) is 0. The molecule has 0 fully saturated rings. The van der Waals surface area contributed by atoms with Gasteiger partial charge in [-0.3, -0.25) is 16.0 Å². The van der Waals surface area contributed by atoms with Gasteiger partial charge in [-0.05, 0) is 77.3 Å². The van der Waals surface area contributed by atoms with Crippen molar-refractivity contribution in [3.63, 3.8) is 0 Å². The Balaban J connectivity index is 3.09. The number of nitrogens with one attached hydrogen (secondary N) is 5. The Morgan fingerprint density at radius 3 is 0.822 bits per heavy atom. The van der Waals surface area contributed by atoms with Gasteiger partial charge in [0.15, 0.2) is 0 Å². The lowest BCUT2D eigenvalue weighted by atomic mass is 10.1. The van der Waals surface area contributed by atoms with Crippen LogP contribution in [0.4, 0.5) is 0 Å². The van der Waals surface area contributed by atoms with Crippen LogP contribution in [0.25, 0.3) is 0 Å². The van der Waals surface area contributed by atoms with Crippen LogP contribution >= 0.6 is 0 Å². The molecule has 0 atom stereocenters. The van der Waals surface area contributed by atoms with Gasteiger partial charge in [-0.1, -0.05) is 154 Å². The van der Waals surface area contributed by atoms with Crippen molar-refractivity contribution < 1.29 is 0 Å². The molecule has 0 saturated carbocycles. The summed E-state index contributed by atoms with van der Waals surface area (Å²) < 4.78 is 0. The highest BCUT2D eigenvalue weighted by Crippen LogP contribution is 2.11. The largest absolute Gasteiger partial charge is 0.304 e. The van der Waals surface area contributed by atoms with Crippen LogP contribution in [0.5, 0.6) is 0 Å². The minimum Gasteiger partial charge on any atom is -0.304 e. The van der Waals surface area contributed by atoms with Crippen molar-refractivity contribution in [1.29, 1.82) is 0 Å². The van der Waals surface area contributed by atoms with E-state index in [4.69, 9.17) is 0 Å². The average molecular weight is 634 g/mol. The van der Waals surface area contributed by atoms with E-state index < -0.39 is 0 Å². The highest BCUT2D eigenvalue weighted by molar-refractivity contribution is 4.82. The summed E-state index contributed by atoms with van der Waals surface area (Å²) in [6.07, 6.45) is 48.0. The van der Waals surface area contributed by atoms with Gasteiger partial charge in [0.05, 0.1) is 0 Å². The summed E-state index contributed by atoms with van der Waals surface area (Å²) in [5.41, 5.74) is 0. The lowest BCUT2D eigenvalue weighted by molar-refractivity contribution is 0.479. The van der Waals surface area contributed by atoms with Crippen molar-refractivity contribution in [3.05, 3.63) is 24.3 Å². The third-order valence-electron chi connectivity index (χ3n) is 8.73. The van der Waals surface area contributed by atoms with Crippen LogP contribution in [0, 0.1) is 0 Å². The molecule has 0 aliphatic heterocycles. The summed E-state index contributed by atoms with van der Waals surface area (Å²) in [5, 5.41) is 17.2. The smallest absolute Gasteiger partial charge is 0.0474 e. The zero-order chi connectivity index (χ0) is 32.4. The van der Waals surface area contributed by atoms with E-state index in [1.165, 1.54) is 180 Å². The summed E-state index contributed by atoms with van der Waals surface area (Å²) in [4.78, 5) is 0. The molecule has 5 nitrogen and oxygen atoms in total. The molecule has 0 aliphatic carbocycles. The maximum absolute atomic E-state index is 3.50. The monoisotopic (exact) mass is 634 g/mol. The van der Waals surface area contributed by atoms with Gasteiger partial charge in [-0.15, -0.1) is 0 Å². The molecule has 0 aliphatic rings. The second kappa shape index (κ2) is 43.3. The maximum Gasteiger partial charge on any atom is 0.0474 e. The molecule has 0 bridgehead atoms. The number of rotatable bonds is 40. The van der Waals surface area contributed by atoms with Gasteiger partial charge in [0.1, 0.15) is 0 Å². The molecule has 0 aromatic carbocycles. The first kappa shape index (κ1) is 44.3. The zero-order valence-corrected chi connectivity index (χ0v) is 30.9. The molecule has 5 N–H and O–H groups in total. The van der Waals surface area contributed by atoms with Gasteiger partial charge >= 0.3 is 0 Å². The molecular formula is C40H83N5.